The Labute approximate surface area is 212 Å². The Bertz CT molecular complexity index is 1080. The highest BCUT2D eigenvalue weighted by atomic mass is 16.5. The Hall–Kier alpha value is -3.84. The fourth-order valence-corrected chi connectivity index (χ4v) is 4.11. The molecular weight excluding hydrogens is 454 g/mol. The predicted octanol–water partition coefficient (Wildman–Crippen LogP) is 4.35. The molecule has 36 heavy (non-hydrogen) atoms. The summed E-state index contributed by atoms with van der Waals surface area (Å²) < 4.78 is 11.2. The van der Waals surface area contributed by atoms with Crippen LogP contribution in [-0.4, -0.2) is 31.6 Å². The van der Waals surface area contributed by atoms with Crippen LogP contribution in [0.15, 0.2) is 84.9 Å². The number of alkyl carbamates (subject to hydrolysis) is 1. The van der Waals surface area contributed by atoms with Crippen molar-refractivity contribution < 1.29 is 19.1 Å². The van der Waals surface area contributed by atoms with Gasteiger partial charge in [0.1, 0.15) is 25.0 Å². The first-order valence-corrected chi connectivity index (χ1v) is 12.4. The van der Waals surface area contributed by atoms with Crippen molar-refractivity contribution in [3.8, 4) is 5.75 Å². The maximum Gasteiger partial charge on any atom is 0.408 e. The molecule has 1 fully saturated rings. The molecule has 1 heterocycles. The van der Waals surface area contributed by atoms with E-state index >= 15 is 0 Å². The van der Waals surface area contributed by atoms with Crippen molar-refractivity contribution in [1.82, 2.24) is 16.0 Å². The SMILES string of the molecule is O=C(N[C@@H](C(=O)NCC1CCNCC1)c1ccc(OCc2ccccc2)cc1)OCc1ccccc1. The third-order valence-electron chi connectivity index (χ3n) is 6.22. The van der Waals surface area contributed by atoms with Gasteiger partial charge in [0.2, 0.25) is 5.91 Å². The molecule has 0 unspecified atom stereocenters. The summed E-state index contributed by atoms with van der Waals surface area (Å²) in [5, 5.41) is 9.10. The molecule has 7 heteroatoms. The summed E-state index contributed by atoms with van der Waals surface area (Å²) in [6.07, 6.45) is 1.39. The number of carbonyl (C=O) groups excluding carboxylic acids is 2. The second kappa shape index (κ2) is 13.3. The molecule has 1 aliphatic rings. The number of carbonyl (C=O) groups is 2. The Balaban J connectivity index is 1.39. The fourth-order valence-electron chi connectivity index (χ4n) is 4.11. The van der Waals surface area contributed by atoms with E-state index in [4.69, 9.17) is 9.47 Å². The van der Waals surface area contributed by atoms with Crippen LogP contribution in [0.3, 0.4) is 0 Å². The molecule has 2 amide bonds. The summed E-state index contributed by atoms with van der Waals surface area (Å²) >= 11 is 0. The average molecular weight is 488 g/mol. The molecule has 3 aromatic rings. The second-order valence-corrected chi connectivity index (χ2v) is 8.92. The van der Waals surface area contributed by atoms with Crippen LogP contribution < -0.4 is 20.7 Å². The summed E-state index contributed by atoms with van der Waals surface area (Å²) in [4.78, 5) is 25.8. The van der Waals surface area contributed by atoms with Crippen molar-refractivity contribution in [1.29, 1.82) is 0 Å². The van der Waals surface area contributed by atoms with Crippen LogP contribution in [0.25, 0.3) is 0 Å². The third-order valence-corrected chi connectivity index (χ3v) is 6.22. The van der Waals surface area contributed by atoms with E-state index in [2.05, 4.69) is 16.0 Å². The van der Waals surface area contributed by atoms with Crippen LogP contribution >= 0.6 is 0 Å². The summed E-state index contributed by atoms with van der Waals surface area (Å²) in [5.74, 6) is 0.848. The van der Waals surface area contributed by atoms with Crippen LogP contribution in [0, 0.1) is 5.92 Å². The molecule has 0 spiro atoms. The van der Waals surface area contributed by atoms with Gasteiger partial charge >= 0.3 is 6.09 Å². The highest BCUT2D eigenvalue weighted by Gasteiger charge is 2.25. The van der Waals surface area contributed by atoms with Crippen molar-refractivity contribution in [2.75, 3.05) is 19.6 Å². The van der Waals surface area contributed by atoms with Gasteiger partial charge in [-0.3, -0.25) is 4.79 Å². The Morgan fingerprint density at radius 1 is 0.833 bits per heavy atom. The molecule has 4 rings (SSSR count). The topological polar surface area (TPSA) is 88.7 Å². The minimum Gasteiger partial charge on any atom is -0.489 e. The van der Waals surface area contributed by atoms with Crippen molar-refractivity contribution in [3.05, 3.63) is 102 Å². The molecule has 7 nitrogen and oxygen atoms in total. The van der Waals surface area contributed by atoms with E-state index in [1.165, 1.54) is 0 Å². The standard InChI is InChI=1S/C29H33N3O4/c33-28(31-19-22-15-17-30-18-16-22)27(32-29(34)36-21-24-9-5-2-6-10-24)25-11-13-26(14-12-25)35-20-23-7-3-1-4-8-23/h1-14,22,27,30H,15-21H2,(H,31,33)(H,32,34)/t27-/m1/s1. The van der Waals surface area contributed by atoms with Crippen molar-refractivity contribution >= 4 is 12.0 Å². The van der Waals surface area contributed by atoms with Gasteiger partial charge in [-0.15, -0.1) is 0 Å². The molecule has 0 radical (unpaired) electrons. The van der Waals surface area contributed by atoms with Crippen molar-refractivity contribution in [3.63, 3.8) is 0 Å². The van der Waals surface area contributed by atoms with Gasteiger partial charge in [0.05, 0.1) is 0 Å². The summed E-state index contributed by atoms with van der Waals surface area (Å²) in [6.45, 7) is 3.07. The van der Waals surface area contributed by atoms with Crippen LogP contribution in [0.5, 0.6) is 5.75 Å². The monoisotopic (exact) mass is 487 g/mol. The molecule has 0 bridgehead atoms. The lowest BCUT2D eigenvalue weighted by Crippen LogP contribution is -2.43. The van der Waals surface area contributed by atoms with E-state index in [1.807, 2.05) is 72.8 Å². The first-order valence-electron chi connectivity index (χ1n) is 12.4. The zero-order valence-electron chi connectivity index (χ0n) is 20.3. The summed E-state index contributed by atoms with van der Waals surface area (Å²) in [7, 11) is 0. The summed E-state index contributed by atoms with van der Waals surface area (Å²) in [5.41, 5.74) is 2.60. The molecule has 3 N–H and O–H groups in total. The number of hydrogen-bond acceptors (Lipinski definition) is 5. The zero-order chi connectivity index (χ0) is 25.0. The lowest BCUT2D eigenvalue weighted by molar-refractivity contribution is -0.123. The van der Waals surface area contributed by atoms with Crippen LogP contribution in [0.1, 0.15) is 35.6 Å². The fraction of sp³-hybridized carbons (Fsp3) is 0.310. The Morgan fingerprint density at radius 2 is 1.44 bits per heavy atom. The number of amides is 2. The minimum absolute atomic E-state index is 0.127. The molecule has 1 atom stereocenters. The Morgan fingerprint density at radius 3 is 2.08 bits per heavy atom. The van der Waals surface area contributed by atoms with Gasteiger partial charge in [-0.1, -0.05) is 72.8 Å². The van der Waals surface area contributed by atoms with E-state index in [9.17, 15) is 9.59 Å². The van der Waals surface area contributed by atoms with E-state index in [0.29, 0.717) is 30.4 Å². The molecular formula is C29H33N3O4. The molecule has 0 aliphatic carbocycles. The van der Waals surface area contributed by atoms with Gasteiger partial charge in [-0.05, 0) is 60.7 Å². The summed E-state index contributed by atoms with van der Waals surface area (Å²) in [6, 6.07) is 25.7. The Kier molecular flexibility index (Phi) is 9.33. The molecule has 0 aromatic heterocycles. The van der Waals surface area contributed by atoms with Crippen LogP contribution in [-0.2, 0) is 22.7 Å². The molecule has 3 aromatic carbocycles. The van der Waals surface area contributed by atoms with E-state index in [-0.39, 0.29) is 12.5 Å². The van der Waals surface area contributed by atoms with E-state index in [1.54, 1.807) is 12.1 Å². The number of ether oxygens (including phenoxy) is 2. The average Bonchev–Trinajstić information content (AvgIpc) is 2.94. The highest BCUT2D eigenvalue weighted by Crippen LogP contribution is 2.20. The quantitative estimate of drug-likeness (QED) is 0.396. The largest absolute Gasteiger partial charge is 0.489 e. The van der Waals surface area contributed by atoms with Gasteiger partial charge in [-0.25, -0.2) is 4.79 Å². The number of benzene rings is 3. The van der Waals surface area contributed by atoms with Crippen molar-refractivity contribution in [2.45, 2.75) is 32.1 Å². The normalized spacial score (nSPS) is 14.4. The first-order chi connectivity index (χ1) is 17.7. The lowest BCUT2D eigenvalue weighted by Gasteiger charge is -2.24. The van der Waals surface area contributed by atoms with Gasteiger partial charge in [0, 0.05) is 6.54 Å². The molecule has 0 saturated carbocycles. The predicted molar refractivity (Wildman–Crippen MR) is 138 cm³/mol. The minimum atomic E-state index is -0.877. The van der Waals surface area contributed by atoms with Gasteiger partial charge in [-0.2, -0.15) is 0 Å². The van der Waals surface area contributed by atoms with Gasteiger partial charge in [0.15, 0.2) is 0 Å². The number of rotatable bonds is 10. The third kappa shape index (κ3) is 7.85. The number of nitrogens with one attached hydrogen (secondary N) is 3. The molecule has 188 valence electrons. The maximum atomic E-state index is 13.2. The highest BCUT2D eigenvalue weighted by molar-refractivity contribution is 5.86. The van der Waals surface area contributed by atoms with E-state index < -0.39 is 12.1 Å². The number of hydrogen-bond donors (Lipinski definition) is 3. The zero-order valence-corrected chi connectivity index (χ0v) is 20.3. The smallest absolute Gasteiger partial charge is 0.408 e. The van der Waals surface area contributed by atoms with Gasteiger partial charge < -0.3 is 25.4 Å². The second-order valence-electron chi connectivity index (χ2n) is 8.92. The maximum absolute atomic E-state index is 13.2. The first kappa shape index (κ1) is 25.3. The molecule has 1 saturated heterocycles. The molecule has 1 aliphatic heterocycles. The lowest BCUT2D eigenvalue weighted by atomic mass is 9.98. The van der Waals surface area contributed by atoms with Crippen LogP contribution in [0.2, 0.25) is 0 Å². The van der Waals surface area contributed by atoms with Gasteiger partial charge in [0.25, 0.3) is 0 Å². The van der Waals surface area contributed by atoms with E-state index in [0.717, 1.165) is 37.1 Å². The number of piperidine rings is 1. The van der Waals surface area contributed by atoms with Crippen LogP contribution in [0.4, 0.5) is 4.79 Å². The van der Waals surface area contributed by atoms with Crippen molar-refractivity contribution in [2.24, 2.45) is 5.92 Å².